The van der Waals surface area contributed by atoms with Crippen molar-refractivity contribution in [3.8, 4) is 0 Å². The van der Waals surface area contributed by atoms with Gasteiger partial charge in [0.25, 0.3) is 0 Å². The number of hydrogen-bond acceptors (Lipinski definition) is 4. The third-order valence-corrected chi connectivity index (χ3v) is 7.84. The number of halogens is 5. The summed E-state index contributed by atoms with van der Waals surface area (Å²) in [7, 11) is 0. The van der Waals surface area contributed by atoms with E-state index in [9.17, 15) is 4.79 Å². The van der Waals surface area contributed by atoms with Crippen LogP contribution in [0.5, 0.6) is 0 Å². The summed E-state index contributed by atoms with van der Waals surface area (Å²) >= 11 is 24.9. The summed E-state index contributed by atoms with van der Waals surface area (Å²) < 4.78 is 6.81. The number of benzene rings is 2. The van der Waals surface area contributed by atoms with Gasteiger partial charge in [-0.3, -0.25) is 4.79 Å². The maximum Gasteiger partial charge on any atom is 0.178 e. The van der Waals surface area contributed by atoms with E-state index in [1.807, 2.05) is 38.1 Å². The monoisotopic (exact) mass is 686 g/mol. The Morgan fingerprint density at radius 2 is 1.46 bits per heavy atom. The predicted molar refractivity (Wildman–Crippen MR) is 164 cm³/mol. The SMILES string of the molecule is C=COCCCC.CC(=O)c1cc(Cl)c2ccc(Br)c(C)c2n1.Cc1c(Br)ccc2c(Cl)cc(Cl)nc12. The lowest BCUT2D eigenvalue weighted by atomic mass is 10.1. The van der Waals surface area contributed by atoms with Gasteiger partial charge in [0.1, 0.15) is 10.8 Å². The summed E-state index contributed by atoms with van der Waals surface area (Å²) in [5.41, 5.74) is 4.05. The Hall–Kier alpha value is -1.70. The van der Waals surface area contributed by atoms with Crippen molar-refractivity contribution in [3.05, 3.63) is 90.2 Å². The summed E-state index contributed by atoms with van der Waals surface area (Å²) in [5.74, 6) is -0.0804. The second kappa shape index (κ2) is 15.0. The van der Waals surface area contributed by atoms with E-state index in [1.54, 1.807) is 12.1 Å². The fourth-order valence-electron chi connectivity index (χ4n) is 3.19. The van der Waals surface area contributed by atoms with Gasteiger partial charge in [0.15, 0.2) is 5.78 Å². The summed E-state index contributed by atoms with van der Waals surface area (Å²) in [6.45, 7) is 11.8. The number of carbonyl (C=O) groups is 1. The highest BCUT2D eigenvalue weighted by Crippen LogP contribution is 2.31. The molecule has 2 aromatic heterocycles. The molecule has 0 bridgehead atoms. The Labute approximate surface area is 249 Å². The molecule has 0 radical (unpaired) electrons. The number of hydrogen-bond donors (Lipinski definition) is 0. The van der Waals surface area contributed by atoms with E-state index >= 15 is 0 Å². The molecule has 0 aliphatic rings. The number of Topliss-reactive ketones (excluding diaryl/α,β-unsaturated/α-hetero) is 1. The number of fused-ring (bicyclic) bond motifs is 2. The highest BCUT2D eigenvalue weighted by atomic mass is 79.9. The van der Waals surface area contributed by atoms with Crippen molar-refractivity contribution in [2.45, 2.75) is 40.5 Å². The molecule has 196 valence electrons. The lowest BCUT2D eigenvalue weighted by Gasteiger charge is -2.07. The van der Waals surface area contributed by atoms with Gasteiger partial charge >= 0.3 is 0 Å². The van der Waals surface area contributed by atoms with Crippen molar-refractivity contribution in [2.75, 3.05) is 6.61 Å². The molecule has 2 heterocycles. The first-order valence-electron chi connectivity index (χ1n) is 11.4. The van der Waals surface area contributed by atoms with Crippen LogP contribution >= 0.6 is 66.7 Å². The number of nitrogens with zero attached hydrogens (tertiary/aromatic N) is 2. The van der Waals surface area contributed by atoms with E-state index in [1.165, 1.54) is 19.6 Å². The van der Waals surface area contributed by atoms with Gasteiger partial charge < -0.3 is 4.74 Å². The van der Waals surface area contributed by atoms with Crippen LogP contribution in [0, 0.1) is 13.8 Å². The molecular formula is C28H27Br2Cl3N2O2. The van der Waals surface area contributed by atoms with E-state index < -0.39 is 0 Å². The largest absolute Gasteiger partial charge is 0.502 e. The van der Waals surface area contributed by atoms with Gasteiger partial charge in [-0.1, -0.05) is 98.7 Å². The lowest BCUT2D eigenvalue weighted by Crippen LogP contribution is -1.98. The number of carbonyl (C=O) groups excluding carboxylic acids is 1. The number of aryl methyl sites for hydroxylation is 2. The zero-order valence-corrected chi connectivity index (χ0v) is 26.4. The molecule has 0 saturated carbocycles. The number of pyridine rings is 2. The van der Waals surface area contributed by atoms with Crippen LogP contribution < -0.4 is 0 Å². The van der Waals surface area contributed by atoms with Crippen molar-refractivity contribution in [1.29, 1.82) is 0 Å². The van der Waals surface area contributed by atoms with Gasteiger partial charge in [-0.25, -0.2) is 9.97 Å². The Morgan fingerprint density at radius 1 is 0.946 bits per heavy atom. The zero-order valence-electron chi connectivity index (χ0n) is 21.0. The van der Waals surface area contributed by atoms with Gasteiger partial charge in [0.2, 0.25) is 0 Å². The topological polar surface area (TPSA) is 52.1 Å². The molecule has 4 rings (SSSR count). The molecule has 0 saturated heterocycles. The third kappa shape index (κ3) is 8.66. The van der Waals surface area contributed by atoms with E-state index in [0.29, 0.717) is 20.9 Å². The fraction of sp³-hybridized carbons (Fsp3) is 0.250. The molecule has 9 heteroatoms. The molecular weight excluding hydrogens is 662 g/mol. The molecule has 4 nitrogen and oxygen atoms in total. The molecule has 37 heavy (non-hydrogen) atoms. The van der Waals surface area contributed by atoms with Gasteiger partial charge in [-0.15, -0.1) is 0 Å². The number of ether oxygens (including phenoxy) is 1. The molecule has 2 aromatic carbocycles. The normalized spacial score (nSPS) is 10.3. The van der Waals surface area contributed by atoms with Crippen molar-refractivity contribution in [3.63, 3.8) is 0 Å². The second-order valence-corrected chi connectivity index (χ2v) is 10.9. The Morgan fingerprint density at radius 3 is 1.95 bits per heavy atom. The predicted octanol–water partition coefficient (Wildman–Crippen LogP) is 10.7. The van der Waals surface area contributed by atoms with E-state index in [0.717, 1.165) is 54.9 Å². The van der Waals surface area contributed by atoms with E-state index in [2.05, 4.69) is 55.3 Å². The molecule has 4 aromatic rings. The van der Waals surface area contributed by atoms with Crippen LogP contribution in [-0.2, 0) is 4.74 Å². The first-order valence-corrected chi connectivity index (χ1v) is 14.1. The van der Waals surface area contributed by atoms with Gasteiger partial charge in [-0.05, 0) is 55.7 Å². The number of aromatic nitrogens is 2. The van der Waals surface area contributed by atoms with Gasteiger partial charge in [0, 0.05) is 26.6 Å². The fourth-order valence-corrected chi connectivity index (χ4v) is 4.59. The molecule has 0 N–H and O–H groups in total. The Kier molecular flexibility index (Phi) is 12.8. The van der Waals surface area contributed by atoms with E-state index in [-0.39, 0.29) is 5.78 Å². The average Bonchev–Trinajstić information content (AvgIpc) is 2.85. The van der Waals surface area contributed by atoms with Crippen LogP contribution in [0.15, 0.2) is 58.2 Å². The van der Waals surface area contributed by atoms with Gasteiger partial charge in [-0.2, -0.15) is 0 Å². The lowest BCUT2D eigenvalue weighted by molar-refractivity contribution is 0.101. The Bertz CT molecular complexity index is 1430. The van der Waals surface area contributed by atoms with Crippen molar-refractivity contribution >= 4 is 94.3 Å². The first kappa shape index (κ1) is 31.5. The Balaban J connectivity index is 0.000000210. The van der Waals surface area contributed by atoms with Crippen LogP contribution in [0.3, 0.4) is 0 Å². The first-order chi connectivity index (χ1) is 17.5. The number of rotatable bonds is 5. The van der Waals surface area contributed by atoms with Crippen molar-refractivity contribution in [1.82, 2.24) is 9.97 Å². The maximum absolute atomic E-state index is 11.3. The minimum atomic E-state index is -0.0804. The van der Waals surface area contributed by atoms with Crippen molar-refractivity contribution < 1.29 is 9.53 Å². The summed E-state index contributed by atoms with van der Waals surface area (Å²) in [6.07, 6.45) is 3.80. The summed E-state index contributed by atoms with van der Waals surface area (Å²) in [4.78, 5) is 19.9. The smallest absolute Gasteiger partial charge is 0.178 e. The molecule has 0 unspecified atom stereocenters. The zero-order chi connectivity index (χ0) is 27.7. The minimum Gasteiger partial charge on any atom is -0.502 e. The summed E-state index contributed by atoms with van der Waals surface area (Å²) in [6, 6.07) is 11.0. The number of unbranched alkanes of at least 4 members (excludes halogenated alkanes) is 1. The molecule has 0 aliphatic carbocycles. The minimum absolute atomic E-state index is 0.0804. The van der Waals surface area contributed by atoms with E-state index in [4.69, 9.17) is 39.5 Å². The van der Waals surface area contributed by atoms with Crippen LogP contribution in [0.2, 0.25) is 15.2 Å². The molecule has 0 atom stereocenters. The number of ketones is 1. The van der Waals surface area contributed by atoms with Crippen LogP contribution in [0.1, 0.15) is 48.3 Å². The average molecular weight is 690 g/mol. The molecule has 0 amide bonds. The molecule has 0 spiro atoms. The molecule has 0 fully saturated rings. The van der Waals surface area contributed by atoms with Crippen molar-refractivity contribution in [2.24, 2.45) is 0 Å². The third-order valence-electron chi connectivity index (χ3n) is 5.30. The van der Waals surface area contributed by atoms with Gasteiger partial charge in [0.05, 0.1) is 33.9 Å². The van der Waals surface area contributed by atoms with Crippen LogP contribution in [0.25, 0.3) is 21.8 Å². The second-order valence-electron chi connectivity index (χ2n) is 8.00. The highest BCUT2D eigenvalue weighted by molar-refractivity contribution is 9.10. The standard InChI is InChI=1S/C12H9BrClNO.C10H6BrCl2N.C6H12O/c1-6-9(13)4-3-8-10(14)5-11(7(2)16)15-12(6)8;1-5-7(11)3-2-6-8(12)4-9(13)14-10(5)6;1-3-5-6-7-4-2/h3-5H,1-2H3;2-4H,1H3;4H,2-3,5-6H2,1H3. The highest BCUT2D eigenvalue weighted by Gasteiger charge is 2.11. The quantitative estimate of drug-likeness (QED) is 0.0906. The van der Waals surface area contributed by atoms with Crippen LogP contribution in [0.4, 0.5) is 0 Å². The summed E-state index contributed by atoms with van der Waals surface area (Å²) in [5, 5.41) is 3.41. The maximum atomic E-state index is 11.3. The molecule has 0 aliphatic heterocycles. The van der Waals surface area contributed by atoms with Crippen LogP contribution in [-0.4, -0.2) is 22.4 Å².